The van der Waals surface area contributed by atoms with E-state index in [4.69, 9.17) is 5.73 Å². The standard InChI is InChI=1S/C11H15NO/c12-9-11(6-7-13)8-10-4-2-1-3-5-10/h1-5,7,11H,6,8-9,12H2. The van der Waals surface area contributed by atoms with Crippen LogP contribution in [0.15, 0.2) is 30.3 Å². The minimum atomic E-state index is 0.292. The summed E-state index contributed by atoms with van der Waals surface area (Å²) in [6.07, 6.45) is 2.40. The van der Waals surface area contributed by atoms with Gasteiger partial charge in [0.2, 0.25) is 0 Å². The minimum absolute atomic E-state index is 0.292. The number of aldehydes is 1. The van der Waals surface area contributed by atoms with E-state index >= 15 is 0 Å². The van der Waals surface area contributed by atoms with Crippen LogP contribution in [0.3, 0.4) is 0 Å². The maximum atomic E-state index is 10.3. The second-order valence-electron chi connectivity index (χ2n) is 3.19. The Hall–Kier alpha value is -1.15. The molecule has 0 bridgehead atoms. The second kappa shape index (κ2) is 5.49. The number of carbonyl (C=O) groups excluding carboxylic acids is 1. The van der Waals surface area contributed by atoms with Gasteiger partial charge in [-0.05, 0) is 24.4 Å². The highest BCUT2D eigenvalue weighted by atomic mass is 16.1. The summed E-state index contributed by atoms with van der Waals surface area (Å²) in [5.74, 6) is 0.292. The molecular weight excluding hydrogens is 162 g/mol. The Kier molecular flexibility index (Phi) is 4.19. The first-order chi connectivity index (χ1) is 6.36. The van der Waals surface area contributed by atoms with Crippen molar-refractivity contribution in [2.75, 3.05) is 6.54 Å². The fourth-order valence-electron chi connectivity index (χ4n) is 1.35. The maximum Gasteiger partial charge on any atom is 0.120 e. The Bertz CT molecular complexity index is 246. The lowest BCUT2D eigenvalue weighted by molar-refractivity contribution is -0.108. The third-order valence-corrected chi connectivity index (χ3v) is 2.13. The smallest absolute Gasteiger partial charge is 0.120 e. The van der Waals surface area contributed by atoms with E-state index in [1.165, 1.54) is 5.56 Å². The van der Waals surface area contributed by atoms with Gasteiger partial charge in [-0.1, -0.05) is 30.3 Å². The van der Waals surface area contributed by atoms with E-state index in [1.807, 2.05) is 18.2 Å². The van der Waals surface area contributed by atoms with Crippen molar-refractivity contribution in [3.63, 3.8) is 0 Å². The molecule has 0 fully saturated rings. The number of carbonyl (C=O) groups is 1. The van der Waals surface area contributed by atoms with Crippen molar-refractivity contribution >= 4 is 6.29 Å². The van der Waals surface area contributed by atoms with Crippen LogP contribution in [-0.4, -0.2) is 12.8 Å². The van der Waals surface area contributed by atoms with E-state index < -0.39 is 0 Å². The van der Waals surface area contributed by atoms with Gasteiger partial charge in [0.05, 0.1) is 0 Å². The molecule has 0 saturated heterocycles. The topological polar surface area (TPSA) is 43.1 Å². The lowest BCUT2D eigenvalue weighted by atomic mass is 9.97. The van der Waals surface area contributed by atoms with Gasteiger partial charge in [0, 0.05) is 6.42 Å². The molecular formula is C11H15NO. The molecule has 2 heteroatoms. The van der Waals surface area contributed by atoms with Gasteiger partial charge in [-0.15, -0.1) is 0 Å². The fourth-order valence-corrected chi connectivity index (χ4v) is 1.35. The van der Waals surface area contributed by atoms with E-state index in [2.05, 4.69) is 12.1 Å². The zero-order chi connectivity index (χ0) is 9.52. The van der Waals surface area contributed by atoms with Gasteiger partial charge in [-0.25, -0.2) is 0 Å². The monoisotopic (exact) mass is 177 g/mol. The van der Waals surface area contributed by atoms with E-state index in [0.717, 1.165) is 12.7 Å². The van der Waals surface area contributed by atoms with Crippen molar-refractivity contribution in [1.82, 2.24) is 0 Å². The fraction of sp³-hybridized carbons (Fsp3) is 0.364. The number of rotatable bonds is 5. The Labute approximate surface area is 78.8 Å². The van der Waals surface area contributed by atoms with E-state index in [9.17, 15) is 4.79 Å². The summed E-state index contributed by atoms with van der Waals surface area (Å²) in [6, 6.07) is 10.1. The van der Waals surface area contributed by atoms with Crippen LogP contribution in [-0.2, 0) is 11.2 Å². The molecule has 0 aliphatic carbocycles. The van der Waals surface area contributed by atoms with Crippen molar-refractivity contribution in [1.29, 1.82) is 0 Å². The van der Waals surface area contributed by atoms with Gasteiger partial charge >= 0.3 is 0 Å². The number of hydrogen-bond acceptors (Lipinski definition) is 2. The number of benzene rings is 1. The first kappa shape index (κ1) is 9.93. The molecule has 0 radical (unpaired) electrons. The van der Waals surface area contributed by atoms with Crippen LogP contribution in [0.1, 0.15) is 12.0 Å². The Morgan fingerprint density at radius 1 is 1.31 bits per heavy atom. The van der Waals surface area contributed by atoms with Gasteiger partial charge in [-0.2, -0.15) is 0 Å². The summed E-state index contributed by atoms with van der Waals surface area (Å²) in [4.78, 5) is 10.3. The van der Waals surface area contributed by atoms with Crippen LogP contribution in [0.25, 0.3) is 0 Å². The first-order valence-corrected chi connectivity index (χ1v) is 4.54. The SMILES string of the molecule is NCC(CC=O)Cc1ccccc1. The summed E-state index contributed by atoms with van der Waals surface area (Å²) in [5.41, 5.74) is 6.80. The van der Waals surface area contributed by atoms with Crippen molar-refractivity contribution in [3.05, 3.63) is 35.9 Å². The van der Waals surface area contributed by atoms with Gasteiger partial charge in [0.15, 0.2) is 0 Å². The number of hydrogen-bond donors (Lipinski definition) is 1. The molecule has 0 aliphatic heterocycles. The molecule has 2 nitrogen and oxygen atoms in total. The number of nitrogens with two attached hydrogens (primary N) is 1. The van der Waals surface area contributed by atoms with Crippen molar-refractivity contribution in [2.45, 2.75) is 12.8 Å². The lowest BCUT2D eigenvalue weighted by Gasteiger charge is -2.10. The molecule has 1 aromatic rings. The van der Waals surface area contributed by atoms with Crippen LogP contribution in [0, 0.1) is 5.92 Å². The minimum Gasteiger partial charge on any atom is -0.330 e. The quantitative estimate of drug-likeness (QED) is 0.691. The molecule has 70 valence electrons. The molecule has 0 aromatic heterocycles. The van der Waals surface area contributed by atoms with Crippen molar-refractivity contribution < 1.29 is 4.79 Å². The van der Waals surface area contributed by atoms with Crippen LogP contribution in [0.2, 0.25) is 0 Å². The Morgan fingerprint density at radius 3 is 2.54 bits per heavy atom. The summed E-state index contributed by atoms with van der Waals surface area (Å²) < 4.78 is 0. The molecule has 1 unspecified atom stereocenters. The van der Waals surface area contributed by atoms with Crippen molar-refractivity contribution in [2.24, 2.45) is 11.7 Å². The normalized spacial score (nSPS) is 12.4. The summed E-state index contributed by atoms with van der Waals surface area (Å²) in [7, 11) is 0. The Morgan fingerprint density at radius 2 is 2.00 bits per heavy atom. The maximum absolute atomic E-state index is 10.3. The Balaban J connectivity index is 2.51. The van der Waals surface area contributed by atoms with Crippen LogP contribution >= 0.6 is 0 Å². The van der Waals surface area contributed by atoms with Gasteiger partial charge in [-0.3, -0.25) is 0 Å². The van der Waals surface area contributed by atoms with E-state index in [1.54, 1.807) is 0 Å². The first-order valence-electron chi connectivity index (χ1n) is 4.54. The molecule has 0 saturated carbocycles. The second-order valence-corrected chi connectivity index (χ2v) is 3.19. The summed E-state index contributed by atoms with van der Waals surface area (Å²) in [6.45, 7) is 0.577. The molecule has 0 amide bonds. The third kappa shape index (κ3) is 3.38. The van der Waals surface area contributed by atoms with Crippen LogP contribution < -0.4 is 5.73 Å². The zero-order valence-corrected chi connectivity index (χ0v) is 7.65. The van der Waals surface area contributed by atoms with E-state index in [0.29, 0.717) is 18.9 Å². The van der Waals surface area contributed by atoms with Gasteiger partial charge < -0.3 is 10.5 Å². The van der Waals surface area contributed by atoms with E-state index in [-0.39, 0.29) is 0 Å². The highest BCUT2D eigenvalue weighted by Crippen LogP contribution is 2.09. The average molecular weight is 177 g/mol. The molecule has 0 heterocycles. The molecule has 0 aliphatic rings. The third-order valence-electron chi connectivity index (χ3n) is 2.13. The van der Waals surface area contributed by atoms with Crippen molar-refractivity contribution in [3.8, 4) is 0 Å². The lowest BCUT2D eigenvalue weighted by Crippen LogP contribution is -2.17. The zero-order valence-electron chi connectivity index (χ0n) is 7.65. The van der Waals surface area contributed by atoms with Crippen LogP contribution in [0.5, 0.6) is 0 Å². The predicted molar refractivity (Wildman–Crippen MR) is 53.4 cm³/mol. The summed E-state index contributed by atoms with van der Waals surface area (Å²) >= 11 is 0. The molecule has 0 spiro atoms. The van der Waals surface area contributed by atoms with Gasteiger partial charge in [0.25, 0.3) is 0 Å². The molecule has 1 aromatic carbocycles. The van der Waals surface area contributed by atoms with Crippen LogP contribution in [0.4, 0.5) is 0 Å². The van der Waals surface area contributed by atoms with Gasteiger partial charge in [0.1, 0.15) is 6.29 Å². The molecule has 13 heavy (non-hydrogen) atoms. The average Bonchev–Trinajstić information content (AvgIpc) is 2.19. The highest BCUT2D eigenvalue weighted by molar-refractivity contribution is 5.49. The molecule has 1 rings (SSSR count). The molecule has 1 atom stereocenters. The summed E-state index contributed by atoms with van der Waals surface area (Å²) in [5, 5.41) is 0. The predicted octanol–water partition coefficient (Wildman–Crippen LogP) is 1.39. The largest absolute Gasteiger partial charge is 0.330 e. The molecule has 2 N–H and O–H groups in total. The highest BCUT2D eigenvalue weighted by Gasteiger charge is 2.06.